The highest BCUT2D eigenvalue weighted by molar-refractivity contribution is 7.89. The fourth-order valence-corrected chi connectivity index (χ4v) is 4.40. The maximum atomic E-state index is 12.6. The van der Waals surface area contributed by atoms with Gasteiger partial charge in [0.15, 0.2) is 11.5 Å². The highest BCUT2D eigenvalue weighted by Gasteiger charge is 2.28. The molecule has 8 heteroatoms. The number of benzene rings is 1. The van der Waals surface area contributed by atoms with Crippen LogP contribution in [0.3, 0.4) is 0 Å². The lowest BCUT2D eigenvalue weighted by Gasteiger charge is -2.28. The van der Waals surface area contributed by atoms with E-state index in [1.807, 2.05) is 0 Å². The number of hydrogen-bond donors (Lipinski definition) is 2. The summed E-state index contributed by atoms with van der Waals surface area (Å²) >= 11 is 0. The van der Waals surface area contributed by atoms with Crippen LogP contribution in [0, 0.1) is 0 Å². The average molecular weight is 391 g/mol. The van der Waals surface area contributed by atoms with Crippen molar-refractivity contribution in [2.75, 3.05) is 19.8 Å². The molecule has 25 heavy (non-hydrogen) atoms. The molecule has 1 saturated carbocycles. The Morgan fingerprint density at radius 3 is 2.32 bits per heavy atom. The molecule has 142 valence electrons. The van der Waals surface area contributed by atoms with E-state index in [4.69, 9.17) is 15.2 Å². The lowest BCUT2D eigenvalue weighted by Crippen LogP contribution is -2.49. The molecule has 6 nitrogen and oxygen atoms in total. The minimum Gasteiger partial charge on any atom is -0.490 e. The van der Waals surface area contributed by atoms with E-state index in [1.165, 1.54) is 18.9 Å². The number of hydrogen-bond acceptors (Lipinski definition) is 5. The Bertz CT molecular complexity index is 673. The van der Waals surface area contributed by atoms with Crippen LogP contribution in [0.1, 0.15) is 44.9 Å². The molecular formula is C17H27ClN2O4S. The molecule has 0 bridgehead atoms. The molecule has 0 radical (unpaired) electrons. The summed E-state index contributed by atoms with van der Waals surface area (Å²) in [5, 5.41) is 0. The Hall–Kier alpha value is -1.02. The van der Waals surface area contributed by atoms with Gasteiger partial charge >= 0.3 is 0 Å². The third-order valence-electron chi connectivity index (χ3n) is 4.74. The van der Waals surface area contributed by atoms with Crippen LogP contribution in [-0.4, -0.2) is 33.7 Å². The van der Waals surface area contributed by atoms with Gasteiger partial charge in [-0.3, -0.25) is 0 Å². The number of sulfonamides is 1. The topological polar surface area (TPSA) is 90.7 Å². The zero-order chi connectivity index (χ0) is 17.0. The Balaban J connectivity index is 0.00000225. The second-order valence-corrected chi connectivity index (χ2v) is 8.53. The van der Waals surface area contributed by atoms with Gasteiger partial charge in [-0.15, -0.1) is 12.4 Å². The van der Waals surface area contributed by atoms with E-state index < -0.39 is 15.6 Å². The highest BCUT2D eigenvalue weighted by Crippen LogP contribution is 2.32. The molecule has 3 N–H and O–H groups in total. The quantitative estimate of drug-likeness (QED) is 0.771. The molecule has 0 aromatic heterocycles. The van der Waals surface area contributed by atoms with E-state index in [9.17, 15) is 8.42 Å². The summed E-state index contributed by atoms with van der Waals surface area (Å²) in [7, 11) is -3.62. The lowest BCUT2D eigenvalue weighted by molar-refractivity contribution is 0.297. The number of halogens is 1. The molecule has 0 atom stereocenters. The van der Waals surface area contributed by atoms with E-state index in [0.717, 1.165) is 32.1 Å². The largest absolute Gasteiger partial charge is 0.490 e. The van der Waals surface area contributed by atoms with Crippen molar-refractivity contribution in [1.29, 1.82) is 0 Å². The van der Waals surface area contributed by atoms with Gasteiger partial charge in [0.2, 0.25) is 10.0 Å². The van der Waals surface area contributed by atoms with Crippen LogP contribution in [0.25, 0.3) is 0 Å². The number of nitrogens with two attached hydrogens (primary N) is 1. The Morgan fingerprint density at radius 2 is 1.64 bits per heavy atom. The second-order valence-electron chi connectivity index (χ2n) is 6.76. The molecule has 2 aliphatic rings. The molecule has 0 saturated heterocycles. The van der Waals surface area contributed by atoms with Gasteiger partial charge in [0, 0.05) is 24.6 Å². The first kappa shape index (κ1) is 20.3. The monoisotopic (exact) mass is 390 g/mol. The van der Waals surface area contributed by atoms with Crippen molar-refractivity contribution in [2.24, 2.45) is 5.73 Å². The molecule has 1 aromatic rings. The van der Waals surface area contributed by atoms with Crippen molar-refractivity contribution in [1.82, 2.24) is 4.72 Å². The summed E-state index contributed by atoms with van der Waals surface area (Å²) in [5.41, 5.74) is 5.95. The van der Waals surface area contributed by atoms with Crippen molar-refractivity contribution < 1.29 is 17.9 Å². The summed E-state index contributed by atoms with van der Waals surface area (Å²) < 4.78 is 39.0. The normalized spacial score (nSPS) is 20.0. The average Bonchev–Trinajstić information content (AvgIpc) is 2.93. The van der Waals surface area contributed by atoms with Crippen molar-refractivity contribution in [2.45, 2.75) is 55.4 Å². The van der Waals surface area contributed by atoms with Gasteiger partial charge in [0.25, 0.3) is 0 Å². The van der Waals surface area contributed by atoms with E-state index in [0.29, 0.717) is 24.7 Å². The Morgan fingerprint density at radius 1 is 1.00 bits per heavy atom. The lowest BCUT2D eigenvalue weighted by atomic mass is 9.92. The molecule has 1 aromatic carbocycles. The van der Waals surface area contributed by atoms with Crippen LogP contribution in [0.2, 0.25) is 0 Å². The maximum absolute atomic E-state index is 12.6. The summed E-state index contributed by atoms with van der Waals surface area (Å²) in [4.78, 5) is 0.184. The molecule has 1 aliphatic carbocycles. The minimum absolute atomic E-state index is 0. The van der Waals surface area contributed by atoms with Gasteiger partial charge < -0.3 is 15.2 Å². The summed E-state index contributed by atoms with van der Waals surface area (Å²) in [5.74, 6) is 1.07. The van der Waals surface area contributed by atoms with Crippen LogP contribution in [0.5, 0.6) is 11.5 Å². The van der Waals surface area contributed by atoms with Crippen LogP contribution < -0.4 is 19.9 Å². The zero-order valence-electron chi connectivity index (χ0n) is 14.3. The van der Waals surface area contributed by atoms with Gasteiger partial charge in [0.1, 0.15) is 0 Å². The first-order valence-electron chi connectivity index (χ1n) is 8.67. The smallest absolute Gasteiger partial charge is 0.240 e. The van der Waals surface area contributed by atoms with E-state index >= 15 is 0 Å². The van der Waals surface area contributed by atoms with Gasteiger partial charge in [0.05, 0.1) is 18.1 Å². The van der Waals surface area contributed by atoms with Crippen LogP contribution >= 0.6 is 12.4 Å². The molecule has 3 rings (SSSR count). The second kappa shape index (κ2) is 8.58. The number of rotatable bonds is 4. The van der Waals surface area contributed by atoms with Crippen molar-refractivity contribution in [3.63, 3.8) is 0 Å². The first-order chi connectivity index (χ1) is 11.5. The number of fused-ring (bicyclic) bond motifs is 1. The summed E-state index contributed by atoms with van der Waals surface area (Å²) in [6.45, 7) is 1.37. The number of nitrogens with one attached hydrogen (secondary N) is 1. The van der Waals surface area contributed by atoms with Gasteiger partial charge in [-0.2, -0.15) is 0 Å². The summed E-state index contributed by atoms with van der Waals surface area (Å²) in [6, 6.07) is 4.73. The Labute approximate surface area is 155 Å². The zero-order valence-corrected chi connectivity index (χ0v) is 16.0. The maximum Gasteiger partial charge on any atom is 0.240 e. The molecule has 1 aliphatic heterocycles. The van der Waals surface area contributed by atoms with Gasteiger partial charge in [-0.1, -0.05) is 25.7 Å². The van der Waals surface area contributed by atoms with Crippen molar-refractivity contribution in [3.8, 4) is 11.5 Å². The fraction of sp³-hybridized carbons (Fsp3) is 0.647. The van der Waals surface area contributed by atoms with E-state index in [2.05, 4.69) is 4.72 Å². The third-order valence-corrected chi connectivity index (χ3v) is 6.14. The molecule has 0 amide bonds. The van der Waals surface area contributed by atoms with Crippen molar-refractivity contribution in [3.05, 3.63) is 18.2 Å². The molecule has 0 unspecified atom stereocenters. The molecular weight excluding hydrogens is 364 g/mol. The van der Waals surface area contributed by atoms with E-state index in [-0.39, 0.29) is 23.8 Å². The van der Waals surface area contributed by atoms with Crippen LogP contribution in [0.4, 0.5) is 0 Å². The van der Waals surface area contributed by atoms with Crippen molar-refractivity contribution >= 4 is 22.4 Å². The fourth-order valence-electron chi connectivity index (χ4n) is 3.24. The summed E-state index contributed by atoms with van der Waals surface area (Å²) in [6.07, 6.45) is 6.96. The Kier molecular flexibility index (Phi) is 6.96. The molecule has 1 heterocycles. The van der Waals surface area contributed by atoms with Crippen LogP contribution in [0.15, 0.2) is 23.1 Å². The first-order valence-corrected chi connectivity index (χ1v) is 10.2. The highest BCUT2D eigenvalue weighted by atomic mass is 35.5. The predicted molar refractivity (Wildman–Crippen MR) is 99.1 cm³/mol. The molecule has 1 fully saturated rings. The van der Waals surface area contributed by atoms with Gasteiger partial charge in [-0.05, 0) is 25.0 Å². The number of ether oxygens (including phenoxy) is 2. The third kappa shape index (κ3) is 5.23. The minimum atomic E-state index is -3.62. The predicted octanol–water partition coefficient (Wildman–Crippen LogP) is 2.60. The van der Waals surface area contributed by atoms with Gasteiger partial charge in [-0.25, -0.2) is 13.1 Å². The van der Waals surface area contributed by atoms with E-state index in [1.54, 1.807) is 12.1 Å². The van der Waals surface area contributed by atoms with Crippen LogP contribution in [-0.2, 0) is 10.0 Å². The standard InChI is InChI=1S/C17H26N2O4S.ClH/c18-17(8-3-1-2-4-9-17)13-19-24(20,21)14-6-7-15-16(12-14)23-11-5-10-22-15;/h6-7,12,19H,1-5,8-11,13,18H2;1H. The SMILES string of the molecule is Cl.NC1(CNS(=O)(=O)c2ccc3c(c2)OCCCO3)CCCCCC1. The molecule has 0 spiro atoms.